The molecule has 3 heteroatoms. The highest BCUT2D eigenvalue weighted by Gasteiger charge is 2.64. The Morgan fingerprint density at radius 2 is 1.69 bits per heavy atom. The molecule has 0 aromatic carbocycles. The van der Waals surface area contributed by atoms with Crippen LogP contribution in [0.2, 0.25) is 0 Å². The molecular formula is C29H48O3. The van der Waals surface area contributed by atoms with Crippen LogP contribution in [0.4, 0.5) is 0 Å². The number of hydrogen-bond acceptors (Lipinski definition) is 3. The van der Waals surface area contributed by atoms with Gasteiger partial charge in [-0.2, -0.15) is 0 Å². The molecule has 3 N–H and O–H groups in total. The van der Waals surface area contributed by atoms with Gasteiger partial charge in [0, 0.05) is 11.8 Å². The van der Waals surface area contributed by atoms with Crippen molar-refractivity contribution < 1.29 is 15.3 Å². The molecule has 0 aromatic rings. The lowest BCUT2D eigenvalue weighted by atomic mass is 9.45. The molecule has 10 atom stereocenters. The molecule has 4 aliphatic carbocycles. The van der Waals surface area contributed by atoms with Crippen molar-refractivity contribution in [3.05, 3.63) is 23.3 Å². The van der Waals surface area contributed by atoms with Gasteiger partial charge in [-0.25, -0.2) is 0 Å². The van der Waals surface area contributed by atoms with Gasteiger partial charge >= 0.3 is 0 Å². The average Bonchev–Trinajstić information content (AvgIpc) is 3.07. The van der Waals surface area contributed by atoms with Gasteiger partial charge < -0.3 is 15.3 Å². The summed E-state index contributed by atoms with van der Waals surface area (Å²) in [6.45, 7) is 16.4. The van der Waals surface area contributed by atoms with Crippen LogP contribution in [-0.4, -0.2) is 33.1 Å². The molecule has 0 amide bonds. The molecule has 182 valence electrons. The maximum Gasteiger partial charge on any atom is 0.102 e. The molecule has 0 heterocycles. The normalized spacial score (nSPS) is 48.5. The van der Waals surface area contributed by atoms with E-state index in [1.165, 1.54) is 30.4 Å². The van der Waals surface area contributed by atoms with Crippen LogP contribution >= 0.6 is 0 Å². The van der Waals surface area contributed by atoms with Crippen molar-refractivity contribution in [2.75, 3.05) is 0 Å². The lowest BCUT2D eigenvalue weighted by Crippen LogP contribution is -2.65. The highest BCUT2D eigenvalue weighted by atomic mass is 16.3. The molecule has 10 unspecified atom stereocenters. The molecule has 0 bridgehead atoms. The van der Waals surface area contributed by atoms with Crippen LogP contribution in [0.1, 0.15) is 93.4 Å². The van der Waals surface area contributed by atoms with E-state index in [1.54, 1.807) is 0 Å². The van der Waals surface area contributed by atoms with Crippen molar-refractivity contribution in [2.45, 2.75) is 111 Å². The summed E-state index contributed by atoms with van der Waals surface area (Å²) in [7, 11) is 0. The quantitative estimate of drug-likeness (QED) is 0.474. The van der Waals surface area contributed by atoms with Crippen LogP contribution in [0.15, 0.2) is 23.3 Å². The first kappa shape index (κ1) is 24.5. The average molecular weight is 445 g/mol. The van der Waals surface area contributed by atoms with Crippen molar-refractivity contribution in [3.8, 4) is 0 Å². The minimum atomic E-state index is -1.20. The second kappa shape index (κ2) is 8.24. The predicted octanol–water partition coefficient (Wildman–Crippen LogP) is 5.89. The van der Waals surface area contributed by atoms with Crippen LogP contribution in [0.3, 0.4) is 0 Å². The minimum absolute atomic E-state index is 0.263. The predicted molar refractivity (Wildman–Crippen MR) is 131 cm³/mol. The van der Waals surface area contributed by atoms with E-state index in [9.17, 15) is 15.3 Å². The molecule has 4 rings (SSSR count). The summed E-state index contributed by atoms with van der Waals surface area (Å²) in [6, 6.07) is 0. The van der Waals surface area contributed by atoms with E-state index in [0.29, 0.717) is 41.9 Å². The van der Waals surface area contributed by atoms with Crippen LogP contribution in [0, 0.1) is 46.3 Å². The number of aliphatic hydroxyl groups excluding tert-OH is 2. The summed E-state index contributed by atoms with van der Waals surface area (Å²) in [4.78, 5) is 0. The Balaban J connectivity index is 1.63. The Bertz CT molecular complexity index is 783. The van der Waals surface area contributed by atoms with Crippen molar-refractivity contribution in [1.82, 2.24) is 0 Å². The van der Waals surface area contributed by atoms with Gasteiger partial charge in [0.2, 0.25) is 0 Å². The first-order valence-electron chi connectivity index (χ1n) is 13.3. The van der Waals surface area contributed by atoms with Gasteiger partial charge in [-0.3, -0.25) is 0 Å². The van der Waals surface area contributed by atoms with Crippen molar-refractivity contribution in [1.29, 1.82) is 0 Å². The third-order valence-electron chi connectivity index (χ3n) is 11.2. The summed E-state index contributed by atoms with van der Waals surface area (Å²) >= 11 is 0. The smallest absolute Gasteiger partial charge is 0.102 e. The Kier molecular flexibility index (Phi) is 6.30. The van der Waals surface area contributed by atoms with Gasteiger partial charge in [-0.1, -0.05) is 64.8 Å². The molecule has 3 nitrogen and oxygen atoms in total. The Labute approximate surface area is 196 Å². The Morgan fingerprint density at radius 3 is 2.34 bits per heavy atom. The second-order valence-electron chi connectivity index (χ2n) is 13.0. The van der Waals surface area contributed by atoms with Crippen molar-refractivity contribution in [2.24, 2.45) is 46.3 Å². The van der Waals surface area contributed by atoms with Crippen molar-refractivity contribution in [3.63, 3.8) is 0 Å². The summed E-state index contributed by atoms with van der Waals surface area (Å²) in [5, 5.41) is 33.0. The fourth-order valence-electron chi connectivity index (χ4n) is 8.66. The number of allylic oxidation sites excluding steroid dienone is 3. The third-order valence-corrected chi connectivity index (χ3v) is 11.2. The minimum Gasteiger partial charge on any atom is -0.393 e. The third kappa shape index (κ3) is 3.48. The fraction of sp³-hybridized carbons (Fsp3) is 0.862. The lowest BCUT2D eigenvalue weighted by Gasteiger charge is -2.62. The van der Waals surface area contributed by atoms with Gasteiger partial charge in [0.15, 0.2) is 0 Å². The molecule has 0 spiro atoms. The number of fused-ring (bicyclic) bond motifs is 5. The monoisotopic (exact) mass is 444 g/mol. The summed E-state index contributed by atoms with van der Waals surface area (Å²) in [5.74, 6) is 3.36. The highest BCUT2D eigenvalue weighted by Crippen LogP contribution is 2.67. The zero-order chi connectivity index (χ0) is 23.6. The maximum atomic E-state index is 11.6. The Hall–Kier alpha value is -0.640. The molecule has 3 fully saturated rings. The topological polar surface area (TPSA) is 60.7 Å². The van der Waals surface area contributed by atoms with Crippen LogP contribution < -0.4 is 0 Å². The van der Waals surface area contributed by atoms with E-state index in [0.717, 1.165) is 19.3 Å². The van der Waals surface area contributed by atoms with Gasteiger partial charge in [0.25, 0.3) is 0 Å². The molecule has 32 heavy (non-hydrogen) atoms. The van der Waals surface area contributed by atoms with Crippen LogP contribution in [0.25, 0.3) is 0 Å². The zero-order valence-electron chi connectivity index (χ0n) is 21.6. The number of aliphatic hydroxyl groups is 3. The standard InChI is InChI=1S/C29H48O3/c1-17(2)20(5)18(3)14-19(4)23-8-9-24-22-15-26(31)29(32)16-21(30)10-13-28(29,7)25(22)11-12-27(23,24)6/h14-15,17,19-21,23-26,30-32H,8-13,16H2,1-7H3. The first-order chi connectivity index (χ1) is 14.8. The van der Waals surface area contributed by atoms with Crippen LogP contribution in [-0.2, 0) is 0 Å². The maximum absolute atomic E-state index is 11.6. The van der Waals surface area contributed by atoms with Gasteiger partial charge in [0.05, 0.1) is 6.10 Å². The zero-order valence-corrected chi connectivity index (χ0v) is 21.6. The van der Waals surface area contributed by atoms with E-state index in [1.807, 2.05) is 6.08 Å². The molecule has 0 aliphatic heterocycles. The molecule has 0 aromatic heterocycles. The fourth-order valence-corrected chi connectivity index (χ4v) is 8.66. The van der Waals surface area contributed by atoms with E-state index < -0.39 is 17.8 Å². The first-order valence-corrected chi connectivity index (χ1v) is 13.3. The molecule has 3 saturated carbocycles. The Morgan fingerprint density at radius 1 is 1.00 bits per heavy atom. The molecule has 4 aliphatic rings. The summed E-state index contributed by atoms with van der Waals surface area (Å²) < 4.78 is 0. The summed E-state index contributed by atoms with van der Waals surface area (Å²) in [5.41, 5.74) is 1.67. The van der Waals surface area contributed by atoms with Gasteiger partial charge in [-0.05, 0) is 86.4 Å². The van der Waals surface area contributed by atoms with E-state index >= 15 is 0 Å². The highest BCUT2D eigenvalue weighted by molar-refractivity contribution is 5.33. The summed E-state index contributed by atoms with van der Waals surface area (Å²) in [6.07, 6.45) is 9.77. The van der Waals surface area contributed by atoms with E-state index in [4.69, 9.17) is 0 Å². The number of rotatable bonds is 4. The van der Waals surface area contributed by atoms with Crippen LogP contribution in [0.5, 0.6) is 0 Å². The number of hydrogen-bond donors (Lipinski definition) is 3. The second-order valence-corrected chi connectivity index (χ2v) is 13.0. The van der Waals surface area contributed by atoms with E-state index in [2.05, 4.69) is 54.5 Å². The largest absolute Gasteiger partial charge is 0.393 e. The van der Waals surface area contributed by atoms with Gasteiger partial charge in [-0.15, -0.1) is 0 Å². The van der Waals surface area contributed by atoms with Gasteiger partial charge in [0.1, 0.15) is 11.7 Å². The molecule has 0 saturated heterocycles. The molecule has 0 radical (unpaired) electrons. The van der Waals surface area contributed by atoms with E-state index in [-0.39, 0.29) is 10.8 Å². The lowest BCUT2D eigenvalue weighted by molar-refractivity contribution is -0.210. The van der Waals surface area contributed by atoms with Crippen molar-refractivity contribution >= 4 is 0 Å². The molecular weight excluding hydrogens is 396 g/mol. The SMILES string of the molecule is CC(=CC(C)C1CCC2C3=CC(O)C4(O)CC(O)CCC4(C)C3CCC21C)C(C)C(C)C.